The summed E-state index contributed by atoms with van der Waals surface area (Å²) in [5.41, 5.74) is 1.45. The van der Waals surface area contributed by atoms with Crippen LogP contribution in [0.2, 0.25) is 0 Å². The number of carboxylic acid groups (broad SMARTS) is 1. The number of aliphatic carboxylic acids is 1. The van der Waals surface area contributed by atoms with Crippen molar-refractivity contribution in [2.45, 2.75) is 19.0 Å². The number of benzene rings is 1. The predicted molar refractivity (Wildman–Crippen MR) is 75.7 cm³/mol. The van der Waals surface area contributed by atoms with Crippen molar-refractivity contribution >= 4 is 25.8 Å². The van der Waals surface area contributed by atoms with Crippen LogP contribution in [0.3, 0.4) is 0 Å². The Labute approximate surface area is 123 Å². The zero-order valence-electron chi connectivity index (χ0n) is 11.3. The van der Waals surface area contributed by atoms with Crippen molar-refractivity contribution in [3.8, 4) is 0 Å². The predicted octanol–water partition coefficient (Wildman–Crippen LogP) is -0.170. The molecule has 0 aliphatic carbocycles. The van der Waals surface area contributed by atoms with Gasteiger partial charge in [0.15, 0.2) is 14.9 Å². The standard InChI is InChI=1S/C12H15NO6S2/c1-20(16,17)8-21(18,19)13-7-10-5-3-2-4-9(10)6-11(13)12(14)15/h2-5,11H,6-8H2,1H3,(H,14,15). The molecule has 0 saturated carbocycles. The highest BCUT2D eigenvalue weighted by Gasteiger charge is 2.40. The number of rotatable bonds is 4. The highest BCUT2D eigenvalue weighted by molar-refractivity contribution is 8.06. The van der Waals surface area contributed by atoms with Crippen LogP contribution >= 0.6 is 0 Å². The zero-order valence-corrected chi connectivity index (χ0v) is 12.9. The second kappa shape index (κ2) is 5.39. The lowest BCUT2D eigenvalue weighted by Gasteiger charge is -2.33. The van der Waals surface area contributed by atoms with Gasteiger partial charge in [-0.05, 0) is 11.1 Å². The summed E-state index contributed by atoms with van der Waals surface area (Å²) >= 11 is 0. The van der Waals surface area contributed by atoms with Crippen LogP contribution in [0, 0.1) is 0 Å². The number of fused-ring (bicyclic) bond motifs is 1. The fourth-order valence-electron chi connectivity index (χ4n) is 2.34. The Morgan fingerprint density at radius 2 is 1.81 bits per heavy atom. The van der Waals surface area contributed by atoms with Crippen LogP contribution in [-0.2, 0) is 37.6 Å². The van der Waals surface area contributed by atoms with Crippen molar-refractivity contribution in [3.05, 3.63) is 35.4 Å². The number of sulfone groups is 1. The largest absolute Gasteiger partial charge is 0.480 e. The maximum atomic E-state index is 12.2. The van der Waals surface area contributed by atoms with Crippen LogP contribution in [-0.4, -0.2) is 49.6 Å². The van der Waals surface area contributed by atoms with E-state index in [-0.39, 0.29) is 13.0 Å². The van der Waals surface area contributed by atoms with E-state index in [9.17, 15) is 26.7 Å². The Morgan fingerprint density at radius 3 is 2.33 bits per heavy atom. The van der Waals surface area contributed by atoms with E-state index in [1.54, 1.807) is 24.3 Å². The maximum absolute atomic E-state index is 12.2. The van der Waals surface area contributed by atoms with Crippen molar-refractivity contribution in [3.63, 3.8) is 0 Å². The first kappa shape index (κ1) is 15.9. The van der Waals surface area contributed by atoms with Gasteiger partial charge in [0.25, 0.3) is 0 Å². The minimum absolute atomic E-state index is 0.0223. The molecule has 0 fully saturated rings. The van der Waals surface area contributed by atoms with Gasteiger partial charge < -0.3 is 5.11 Å². The number of hydrogen-bond acceptors (Lipinski definition) is 5. The van der Waals surface area contributed by atoms with Crippen LogP contribution in [0.4, 0.5) is 0 Å². The number of carboxylic acids is 1. The maximum Gasteiger partial charge on any atom is 0.322 e. The van der Waals surface area contributed by atoms with Crippen LogP contribution in [0.25, 0.3) is 0 Å². The average molecular weight is 333 g/mol. The molecule has 2 rings (SSSR count). The second-order valence-electron chi connectivity index (χ2n) is 5.03. The topological polar surface area (TPSA) is 109 Å². The summed E-state index contributed by atoms with van der Waals surface area (Å²) in [6.07, 6.45) is 0.826. The fraction of sp³-hybridized carbons (Fsp3) is 0.417. The Hall–Kier alpha value is -1.45. The summed E-state index contributed by atoms with van der Waals surface area (Å²) < 4.78 is 47.7. The minimum atomic E-state index is -4.21. The molecule has 1 aliphatic rings. The Morgan fingerprint density at radius 1 is 1.24 bits per heavy atom. The van der Waals surface area contributed by atoms with Crippen LogP contribution in [0.5, 0.6) is 0 Å². The number of nitrogens with zero attached hydrogens (tertiary/aromatic N) is 1. The second-order valence-corrected chi connectivity index (χ2v) is 9.45. The molecule has 7 nitrogen and oxygen atoms in total. The van der Waals surface area contributed by atoms with E-state index >= 15 is 0 Å². The van der Waals surface area contributed by atoms with Gasteiger partial charge in [-0.2, -0.15) is 4.31 Å². The summed E-state index contributed by atoms with van der Waals surface area (Å²) in [7, 11) is -7.99. The summed E-state index contributed by atoms with van der Waals surface area (Å²) in [6, 6.07) is 5.63. The summed E-state index contributed by atoms with van der Waals surface area (Å²) in [6.45, 7) is -0.134. The highest BCUT2D eigenvalue weighted by atomic mass is 32.3. The molecule has 0 spiro atoms. The molecule has 0 saturated heterocycles. The fourth-order valence-corrected chi connectivity index (χ4v) is 5.93. The Balaban J connectivity index is 2.44. The van der Waals surface area contributed by atoms with Gasteiger partial charge in [0.05, 0.1) is 0 Å². The van der Waals surface area contributed by atoms with Gasteiger partial charge in [-0.25, -0.2) is 16.8 Å². The smallest absolute Gasteiger partial charge is 0.322 e. The minimum Gasteiger partial charge on any atom is -0.480 e. The average Bonchev–Trinajstić information content (AvgIpc) is 2.34. The molecule has 9 heteroatoms. The summed E-state index contributed by atoms with van der Waals surface area (Å²) in [5.74, 6) is -1.29. The van der Waals surface area contributed by atoms with Crippen molar-refractivity contribution in [1.82, 2.24) is 4.31 Å². The van der Waals surface area contributed by atoms with E-state index in [2.05, 4.69) is 0 Å². The molecule has 0 aromatic heterocycles. The van der Waals surface area contributed by atoms with Crippen molar-refractivity contribution in [2.75, 3.05) is 11.3 Å². The van der Waals surface area contributed by atoms with Gasteiger partial charge in [0.1, 0.15) is 6.04 Å². The Kier molecular flexibility index (Phi) is 4.09. The molecule has 116 valence electrons. The van der Waals surface area contributed by atoms with Gasteiger partial charge >= 0.3 is 5.97 Å². The molecule has 0 bridgehead atoms. The van der Waals surface area contributed by atoms with E-state index in [1.165, 1.54) is 0 Å². The van der Waals surface area contributed by atoms with Gasteiger partial charge in [0.2, 0.25) is 10.0 Å². The first-order valence-corrected chi connectivity index (χ1v) is 9.74. The molecule has 1 unspecified atom stereocenters. The van der Waals surface area contributed by atoms with Crippen molar-refractivity contribution < 1.29 is 26.7 Å². The van der Waals surface area contributed by atoms with Gasteiger partial charge in [-0.3, -0.25) is 4.79 Å². The van der Waals surface area contributed by atoms with Gasteiger partial charge in [-0.15, -0.1) is 0 Å². The molecule has 21 heavy (non-hydrogen) atoms. The number of hydrogen-bond donors (Lipinski definition) is 1. The van der Waals surface area contributed by atoms with E-state index in [1.807, 2.05) is 0 Å². The quantitative estimate of drug-likeness (QED) is 0.819. The van der Waals surface area contributed by atoms with Crippen LogP contribution in [0.1, 0.15) is 11.1 Å². The van der Waals surface area contributed by atoms with E-state index in [0.717, 1.165) is 16.1 Å². The Bertz CT molecular complexity index is 769. The molecule has 1 atom stereocenters. The van der Waals surface area contributed by atoms with Gasteiger partial charge in [-0.1, -0.05) is 24.3 Å². The molecule has 0 radical (unpaired) electrons. The van der Waals surface area contributed by atoms with Crippen molar-refractivity contribution in [2.24, 2.45) is 0 Å². The van der Waals surface area contributed by atoms with Crippen LogP contribution < -0.4 is 0 Å². The molecule has 1 aromatic carbocycles. The van der Waals surface area contributed by atoms with E-state index in [4.69, 9.17) is 0 Å². The lowest BCUT2D eigenvalue weighted by molar-refractivity contribution is -0.141. The first-order valence-electron chi connectivity index (χ1n) is 6.07. The highest BCUT2D eigenvalue weighted by Crippen LogP contribution is 2.26. The molecule has 0 amide bonds. The monoisotopic (exact) mass is 333 g/mol. The normalized spacial score (nSPS) is 20.0. The van der Waals surface area contributed by atoms with Gasteiger partial charge in [0, 0.05) is 19.2 Å². The van der Waals surface area contributed by atoms with E-state index < -0.39 is 37.0 Å². The third-order valence-electron chi connectivity index (χ3n) is 3.21. The number of carbonyl (C=O) groups is 1. The van der Waals surface area contributed by atoms with Crippen molar-refractivity contribution in [1.29, 1.82) is 0 Å². The third kappa shape index (κ3) is 3.60. The SMILES string of the molecule is CS(=O)(=O)CS(=O)(=O)N1Cc2ccccc2CC1C(=O)O. The third-order valence-corrected chi connectivity index (χ3v) is 7.21. The molecule has 1 aromatic rings. The lowest BCUT2D eigenvalue weighted by Crippen LogP contribution is -2.49. The lowest BCUT2D eigenvalue weighted by atomic mass is 9.96. The molecular weight excluding hydrogens is 318 g/mol. The zero-order chi connectivity index (χ0) is 15.8. The van der Waals surface area contributed by atoms with E-state index in [0.29, 0.717) is 5.56 Å². The molecule has 1 heterocycles. The molecular formula is C12H15NO6S2. The summed E-state index contributed by atoms with van der Waals surface area (Å²) in [5, 5.41) is 8.15. The first-order chi connectivity index (χ1) is 9.60. The molecule has 1 aliphatic heterocycles. The summed E-state index contributed by atoms with van der Waals surface area (Å²) in [4.78, 5) is 11.3. The number of sulfonamides is 1. The van der Waals surface area contributed by atoms with Crippen LogP contribution in [0.15, 0.2) is 24.3 Å². The molecule has 1 N–H and O–H groups in total.